The lowest BCUT2D eigenvalue weighted by Crippen LogP contribution is -1.75. The Bertz CT molecular complexity index is 600. The summed E-state index contributed by atoms with van der Waals surface area (Å²) < 4.78 is 1.05. The Morgan fingerprint density at radius 2 is 2.27 bits per heavy atom. The van der Waals surface area contributed by atoms with E-state index < -0.39 is 0 Å². The van der Waals surface area contributed by atoms with Crippen LogP contribution in [0.15, 0.2) is 34.2 Å². The molecule has 1 N–H and O–H groups in total. The van der Waals surface area contributed by atoms with Crippen LogP contribution in [0.4, 0.5) is 0 Å². The summed E-state index contributed by atoms with van der Waals surface area (Å²) in [6, 6.07) is 6.05. The molecule has 0 aliphatic rings. The Morgan fingerprint density at radius 3 is 3.07 bits per heavy atom. The zero-order valence-corrected chi connectivity index (χ0v) is 9.97. The van der Waals surface area contributed by atoms with E-state index in [1.165, 1.54) is 0 Å². The van der Waals surface area contributed by atoms with Crippen LogP contribution in [-0.4, -0.2) is 15.2 Å². The van der Waals surface area contributed by atoms with E-state index in [1.54, 1.807) is 17.5 Å². The zero-order valence-electron chi connectivity index (χ0n) is 7.57. The van der Waals surface area contributed by atoms with Crippen molar-refractivity contribution in [1.29, 1.82) is 0 Å². The van der Waals surface area contributed by atoms with E-state index in [0.717, 1.165) is 26.1 Å². The fourth-order valence-corrected chi connectivity index (χ4v) is 2.49. The van der Waals surface area contributed by atoms with Crippen molar-refractivity contribution >= 4 is 38.2 Å². The first-order chi connectivity index (χ1) is 7.34. The van der Waals surface area contributed by atoms with Crippen molar-refractivity contribution in [3.8, 4) is 10.7 Å². The van der Waals surface area contributed by atoms with Gasteiger partial charge in [-0.2, -0.15) is 5.10 Å². The number of hydrogen-bond donors (Lipinski definition) is 1. The van der Waals surface area contributed by atoms with Gasteiger partial charge in [-0.25, -0.2) is 4.98 Å². The SMILES string of the molecule is Brc1ccc2[nH]nc(-c3nccs3)c2c1. The summed E-state index contributed by atoms with van der Waals surface area (Å²) >= 11 is 5.05. The second-order valence-corrected chi connectivity index (χ2v) is 4.91. The van der Waals surface area contributed by atoms with E-state index >= 15 is 0 Å². The number of halogens is 1. The summed E-state index contributed by atoms with van der Waals surface area (Å²) in [5.41, 5.74) is 1.95. The molecule has 0 aliphatic carbocycles. The predicted octanol–water partition coefficient (Wildman–Crippen LogP) is 3.45. The summed E-state index contributed by atoms with van der Waals surface area (Å²) in [6.45, 7) is 0. The first-order valence-corrected chi connectivity index (χ1v) is 6.05. The molecule has 3 nitrogen and oxygen atoms in total. The number of H-pyrrole nitrogens is 1. The maximum Gasteiger partial charge on any atom is 0.144 e. The molecule has 0 aliphatic heterocycles. The molecule has 0 unspecified atom stereocenters. The molecule has 0 fully saturated rings. The van der Waals surface area contributed by atoms with Gasteiger partial charge < -0.3 is 0 Å². The average Bonchev–Trinajstić information content (AvgIpc) is 2.83. The molecule has 0 spiro atoms. The van der Waals surface area contributed by atoms with Gasteiger partial charge in [-0.1, -0.05) is 15.9 Å². The molecule has 15 heavy (non-hydrogen) atoms. The van der Waals surface area contributed by atoms with Crippen LogP contribution in [0.25, 0.3) is 21.6 Å². The summed E-state index contributed by atoms with van der Waals surface area (Å²) in [5, 5.41) is 11.3. The van der Waals surface area contributed by atoms with Crippen LogP contribution in [-0.2, 0) is 0 Å². The number of hydrogen-bond acceptors (Lipinski definition) is 3. The summed E-state index contributed by atoms with van der Waals surface area (Å²) in [7, 11) is 0. The lowest BCUT2D eigenvalue weighted by atomic mass is 10.2. The Labute approximate surface area is 98.3 Å². The van der Waals surface area contributed by atoms with Crippen LogP contribution in [0.5, 0.6) is 0 Å². The van der Waals surface area contributed by atoms with Crippen molar-refractivity contribution in [3.05, 3.63) is 34.2 Å². The van der Waals surface area contributed by atoms with Crippen molar-refractivity contribution in [1.82, 2.24) is 15.2 Å². The first-order valence-electron chi connectivity index (χ1n) is 4.38. The Hall–Kier alpha value is -1.20. The van der Waals surface area contributed by atoms with E-state index in [-0.39, 0.29) is 0 Å². The van der Waals surface area contributed by atoms with Crippen LogP contribution >= 0.6 is 27.3 Å². The molecule has 0 atom stereocenters. The van der Waals surface area contributed by atoms with Crippen molar-refractivity contribution < 1.29 is 0 Å². The Balaban J connectivity index is 2.32. The third-order valence-electron chi connectivity index (χ3n) is 2.16. The van der Waals surface area contributed by atoms with Crippen LogP contribution in [0, 0.1) is 0 Å². The maximum absolute atomic E-state index is 4.28. The molecular formula is C10H6BrN3S. The third kappa shape index (κ3) is 1.48. The molecular weight excluding hydrogens is 274 g/mol. The number of aromatic nitrogens is 3. The molecule has 0 radical (unpaired) electrons. The molecule has 3 aromatic rings. The van der Waals surface area contributed by atoms with Gasteiger partial charge >= 0.3 is 0 Å². The number of rotatable bonds is 1. The van der Waals surface area contributed by atoms with Gasteiger partial charge in [0, 0.05) is 21.4 Å². The second-order valence-electron chi connectivity index (χ2n) is 3.10. The van der Waals surface area contributed by atoms with Crippen molar-refractivity contribution in [2.45, 2.75) is 0 Å². The van der Waals surface area contributed by atoms with Gasteiger partial charge in [-0.05, 0) is 18.2 Å². The van der Waals surface area contributed by atoms with Gasteiger partial charge in [-0.15, -0.1) is 11.3 Å². The number of aromatic amines is 1. The fraction of sp³-hybridized carbons (Fsp3) is 0. The van der Waals surface area contributed by atoms with Gasteiger partial charge in [0.2, 0.25) is 0 Å². The minimum Gasteiger partial charge on any atom is -0.277 e. The average molecular weight is 280 g/mol. The number of nitrogens with one attached hydrogen (secondary N) is 1. The summed E-state index contributed by atoms with van der Waals surface area (Å²) in [5.74, 6) is 0. The highest BCUT2D eigenvalue weighted by atomic mass is 79.9. The van der Waals surface area contributed by atoms with Gasteiger partial charge in [0.1, 0.15) is 10.7 Å². The topological polar surface area (TPSA) is 41.6 Å². The monoisotopic (exact) mass is 279 g/mol. The van der Waals surface area contributed by atoms with Crippen LogP contribution in [0.3, 0.4) is 0 Å². The van der Waals surface area contributed by atoms with Crippen LogP contribution in [0.2, 0.25) is 0 Å². The smallest absolute Gasteiger partial charge is 0.144 e. The lowest BCUT2D eigenvalue weighted by molar-refractivity contribution is 1.12. The summed E-state index contributed by atoms with van der Waals surface area (Å²) in [6.07, 6.45) is 1.79. The van der Waals surface area contributed by atoms with Crippen molar-refractivity contribution in [3.63, 3.8) is 0 Å². The zero-order chi connectivity index (χ0) is 10.3. The van der Waals surface area contributed by atoms with Gasteiger partial charge in [0.05, 0.1) is 5.52 Å². The largest absolute Gasteiger partial charge is 0.277 e. The number of thiazole rings is 1. The van der Waals surface area contributed by atoms with Crippen molar-refractivity contribution in [2.24, 2.45) is 0 Å². The molecule has 3 rings (SSSR count). The third-order valence-corrected chi connectivity index (χ3v) is 3.43. The molecule has 1 aromatic carbocycles. The minimum atomic E-state index is 0.918. The first kappa shape index (κ1) is 9.06. The van der Waals surface area contributed by atoms with E-state index in [2.05, 4.69) is 37.2 Å². The number of benzene rings is 1. The Kier molecular flexibility index (Phi) is 2.07. The van der Waals surface area contributed by atoms with E-state index in [0.29, 0.717) is 0 Å². The van der Waals surface area contributed by atoms with Gasteiger partial charge in [0.15, 0.2) is 0 Å². The maximum atomic E-state index is 4.28. The fourth-order valence-electron chi connectivity index (χ4n) is 1.49. The molecule has 2 aromatic heterocycles. The van der Waals surface area contributed by atoms with E-state index in [9.17, 15) is 0 Å². The second kappa shape index (κ2) is 3.43. The number of fused-ring (bicyclic) bond motifs is 1. The molecule has 0 amide bonds. The molecule has 0 saturated heterocycles. The normalized spacial score (nSPS) is 11.0. The summed E-state index contributed by atoms with van der Waals surface area (Å²) in [4.78, 5) is 4.26. The van der Waals surface area contributed by atoms with Crippen LogP contribution < -0.4 is 0 Å². The molecule has 74 valence electrons. The predicted molar refractivity (Wildman–Crippen MR) is 64.9 cm³/mol. The van der Waals surface area contributed by atoms with E-state index in [1.807, 2.05) is 17.5 Å². The quantitative estimate of drug-likeness (QED) is 0.741. The van der Waals surface area contributed by atoms with Gasteiger partial charge in [0.25, 0.3) is 0 Å². The highest BCUT2D eigenvalue weighted by Gasteiger charge is 2.09. The Morgan fingerprint density at radius 1 is 1.33 bits per heavy atom. The van der Waals surface area contributed by atoms with Crippen LogP contribution in [0.1, 0.15) is 0 Å². The molecule has 5 heteroatoms. The minimum absolute atomic E-state index is 0.918. The molecule has 0 bridgehead atoms. The highest BCUT2D eigenvalue weighted by Crippen LogP contribution is 2.29. The standard InChI is InChI=1S/C10H6BrN3S/c11-6-1-2-8-7(5-6)9(14-13-8)10-12-3-4-15-10/h1-5H,(H,13,14). The molecule has 2 heterocycles. The number of nitrogens with zero attached hydrogens (tertiary/aromatic N) is 2. The van der Waals surface area contributed by atoms with E-state index in [4.69, 9.17) is 0 Å². The lowest BCUT2D eigenvalue weighted by Gasteiger charge is -1.92. The highest BCUT2D eigenvalue weighted by molar-refractivity contribution is 9.10. The van der Waals surface area contributed by atoms with Gasteiger partial charge in [-0.3, -0.25) is 5.10 Å². The van der Waals surface area contributed by atoms with Crippen molar-refractivity contribution in [2.75, 3.05) is 0 Å². The molecule has 0 saturated carbocycles.